The van der Waals surface area contributed by atoms with Gasteiger partial charge in [-0.2, -0.15) is 4.98 Å². The van der Waals surface area contributed by atoms with Crippen LogP contribution in [-0.2, 0) is 4.79 Å². The van der Waals surface area contributed by atoms with E-state index in [1.165, 1.54) is 11.0 Å². The fourth-order valence-electron chi connectivity index (χ4n) is 2.41. The van der Waals surface area contributed by atoms with Crippen LogP contribution in [-0.4, -0.2) is 34.6 Å². The predicted molar refractivity (Wildman–Crippen MR) is 91.1 cm³/mol. The van der Waals surface area contributed by atoms with Gasteiger partial charge in [0.05, 0.1) is 11.5 Å². The molecule has 0 bridgehead atoms. The number of benzene rings is 1. The molecule has 0 spiro atoms. The number of aromatic nitrogens is 2. The summed E-state index contributed by atoms with van der Waals surface area (Å²) in [6, 6.07) is 5.86. The molecule has 1 atom stereocenters. The van der Waals surface area contributed by atoms with Crippen LogP contribution in [0.25, 0.3) is 0 Å². The van der Waals surface area contributed by atoms with E-state index >= 15 is 0 Å². The molecule has 2 aromatic rings. The average Bonchev–Trinajstić information content (AvgIpc) is 2.98. The molecule has 134 valence electrons. The zero-order chi connectivity index (χ0) is 18.6. The van der Waals surface area contributed by atoms with Crippen LogP contribution in [0.3, 0.4) is 0 Å². The maximum Gasteiger partial charge on any atom is 0.292 e. The molecule has 1 N–H and O–H groups in total. The van der Waals surface area contributed by atoms with Crippen LogP contribution in [0.1, 0.15) is 31.6 Å². The van der Waals surface area contributed by atoms with E-state index in [2.05, 4.69) is 15.5 Å². The number of para-hydroxylation sites is 2. The third kappa shape index (κ3) is 4.52. The van der Waals surface area contributed by atoms with E-state index < -0.39 is 11.0 Å². The molecule has 0 radical (unpaired) electrons. The Morgan fingerprint density at radius 3 is 2.64 bits per heavy atom. The first-order valence-corrected chi connectivity index (χ1v) is 7.83. The molecule has 1 amide bonds. The molecule has 0 saturated carbocycles. The maximum absolute atomic E-state index is 12.4. The molecule has 1 aromatic carbocycles. The van der Waals surface area contributed by atoms with Crippen LogP contribution >= 0.6 is 0 Å². The number of hydrogen-bond donors (Lipinski definition) is 1. The first kappa shape index (κ1) is 18.4. The number of rotatable bonds is 7. The van der Waals surface area contributed by atoms with Crippen molar-refractivity contribution >= 4 is 17.3 Å². The van der Waals surface area contributed by atoms with Crippen LogP contribution in [0.5, 0.6) is 0 Å². The monoisotopic (exact) mass is 347 g/mol. The van der Waals surface area contributed by atoms with Gasteiger partial charge in [-0.1, -0.05) is 31.1 Å². The summed E-state index contributed by atoms with van der Waals surface area (Å²) >= 11 is 0. The summed E-state index contributed by atoms with van der Waals surface area (Å²) in [6.45, 7) is 5.52. The fourth-order valence-corrected chi connectivity index (χ4v) is 2.41. The van der Waals surface area contributed by atoms with Crippen molar-refractivity contribution < 1.29 is 14.2 Å². The quantitative estimate of drug-likeness (QED) is 0.603. The second-order valence-electron chi connectivity index (χ2n) is 6.07. The smallest absolute Gasteiger partial charge is 0.292 e. The van der Waals surface area contributed by atoms with Gasteiger partial charge in [0.1, 0.15) is 11.7 Å². The number of hydrogen-bond acceptors (Lipinski definition) is 7. The Bertz CT molecular complexity index is 758. The first-order valence-electron chi connectivity index (χ1n) is 7.83. The van der Waals surface area contributed by atoms with Gasteiger partial charge in [0.2, 0.25) is 11.8 Å². The Morgan fingerprint density at radius 1 is 1.40 bits per heavy atom. The molecule has 0 aliphatic rings. The fraction of sp³-hybridized carbons (Fsp3) is 0.438. The van der Waals surface area contributed by atoms with Gasteiger partial charge in [0.15, 0.2) is 5.82 Å². The highest BCUT2D eigenvalue weighted by atomic mass is 16.6. The number of likely N-dealkylation sites (N-methyl/N-ethyl adjacent to an activating group) is 1. The summed E-state index contributed by atoms with van der Waals surface area (Å²) < 4.78 is 5.15. The predicted octanol–water partition coefficient (Wildman–Crippen LogP) is 2.24. The molecule has 0 aliphatic carbocycles. The molecule has 1 heterocycles. The topological polar surface area (TPSA) is 114 Å². The lowest BCUT2D eigenvalue weighted by atomic mass is 10.0. The van der Waals surface area contributed by atoms with Crippen molar-refractivity contribution in [3.63, 3.8) is 0 Å². The second kappa shape index (κ2) is 7.73. The molecule has 2 rings (SSSR count). The van der Waals surface area contributed by atoms with Gasteiger partial charge in [0.25, 0.3) is 5.69 Å². The Morgan fingerprint density at radius 2 is 2.08 bits per heavy atom. The molecule has 25 heavy (non-hydrogen) atoms. The summed E-state index contributed by atoms with van der Waals surface area (Å²) in [4.78, 5) is 28.7. The maximum atomic E-state index is 12.4. The van der Waals surface area contributed by atoms with E-state index in [0.29, 0.717) is 17.4 Å². The third-order valence-electron chi connectivity index (χ3n) is 3.66. The van der Waals surface area contributed by atoms with Crippen LogP contribution in [0.2, 0.25) is 0 Å². The third-order valence-corrected chi connectivity index (χ3v) is 3.66. The summed E-state index contributed by atoms with van der Waals surface area (Å²) in [7, 11) is 1.63. The van der Waals surface area contributed by atoms with Crippen molar-refractivity contribution in [2.45, 2.75) is 26.8 Å². The Balaban J connectivity index is 2.09. The zero-order valence-electron chi connectivity index (χ0n) is 14.6. The highest BCUT2D eigenvalue weighted by molar-refractivity contribution is 5.82. The van der Waals surface area contributed by atoms with Gasteiger partial charge < -0.3 is 14.7 Å². The number of nitro benzene ring substituents is 1. The van der Waals surface area contributed by atoms with E-state index in [0.717, 1.165) is 0 Å². The molecule has 9 nitrogen and oxygen atoms in total. The summed E-state index contributed by atoms with van der Waals surface area (Å²) in [6.07, 6.45) is 0. The second-order valence-corrected chi connectivity index (χ2v) is 6.07. The number of anilines is 1. The molecule has 0 unspecified atom stereocenters. The van der Waals surface area contributed by atoms with Gasteiger partial charge in [-0.25, -0.2) is 0 Å². The van der Waals surface area contributed by atoms with Gasteiger partial charge >= 0.3 is 0 Å². The van der Waals surface area contributed by atoms with E-state index in [9.17, 15) is 14.9 Å². The largest absolute Gasteiger partial charge is 0.360 e. The van der Waals surface area contributed by atoms with E-state index in [4.69, 9.17) is 4.52 Å². The standard InChI is InChI=1S/C16H21N5O4/c1-10(2)15(16-17-11(3)19-25-16)18-14(22)9-20(4)12-7-5-6-8-13(12)21(23)24/h5-8,10,15H,9H2,1-4H3,(H,18,22)/t15-/m1/s1. The molecular weight excluding hydrogens is 326 g/mol. The van der Waals surface area contributed by atoms with Crippen LogP contribution in [0.4, 0.5) is 11.4 Å². The minimum atomic E-state index is -0.470. The minimum Gasteiger partial charge on any atom is -0.360 e. The van der Waals surface area contributed by atoms with Crippen molar-refractivity contribution in [3.05, 3.63) is 46.1 Å². The van der Waals surface area contributed by atoms with Gasteiger partial charge in [-0.05, 0) is 18.9 Å². The summed E-state index contributed by atoms with van der Waals surface area (Å²) in [5.41, 5.74) is 0.322. The zero-order valence-corrected chi connectivity index (χ0v) is 14.6. The van der Waals surface area contributed by atoms with Crippen LogP contribution in [0, 0.1) is 23.0 Å². The summed E-state index contributed by atoms with van der Waals surface area (Å²) in [5.74, 6) is 0.580. The molecule has 9 heteroatoms. The molecule has 1 aromatic heterocycles. The van der Waals surface area contributed by atoms with Crippen molar-refractivity contribution in [2.24, 2.45) is 5.92 Å². The lowest BCUT2D eigenvalue weighted by molar-refractivity contribution is -0.384. The number of carbonyl (C=O) groups excluding carboxylic acids is 1. The lowest BCUT2D eigenvalue weighted by Crippen LogP contribution is -2.39. The first-order chi connectivity index (χ1) is 11.8. The normalized spacial score (nSPS) is 12.0. The van der Waals surface area contributed by atoms with E-state index in [1.54, 1.807) is 32.2 Å². The van der Waals surface area contributed by atoms with Crippen molar-refractivity contribution in [1.29, 1.82) is 0 Å². The van der Waals surface area contributed by atoms with Crippen molar-refractivity contribution in [1.82, 2.24) is 15.5 Å². The number of amides is 1. The van der Waals surface area contributed by atoms with Crippen LogP contribution < -0.4 is 10.2 Å². The number of nitrogens with zero attached hydrogens (tertiary/aromatic N) is 4. The molecule has 0 aliphatic heterocycles. The molecular formula is C16H21N5O4. The van der Waals surface area contributed by atoms with E-state index in [1.807, 2.05) is 13.8 Å². The summed E-state index contributed by atoms with van der Waals surface area (Å²) in [5, 5.41) is 17.7. The number of nitro groups is 1. The van der Waals surface area contributed by atoms with Crippen molar-refractivity contribution in [3.8, 4) is 0 Å². The van der Waals surface area contributed by atoms with E-state index in [-0.39, 0.29) is 24.1 Å². The number of aryl methyl sites for hydroxylation is 1. The minimum absolute atomic E-state index is 0.0405. The Labute approximate surface area is 145 Å². The number of nitrogens with one attached hydrogen (secondary N) is 1. The highest BCUT2D eigenvalue weighted by Gasteiger charge is 2.25. The lowest BCUT2D eigenvalue weighted by Gasteiger charge is -2.22. The SMILES string of the molecule is Cc1noc([C@H](NC(=O)CN(C)c2ccccc2[N+](=O)[O-])C(C)C)n1. The number of carbonyl (C=O) groups is 1. The Hall–Kier alpha value is -2.97. The highest BCUT2D eigenvalue weighted by Crippen LogP contribution is 2.26. The van der Waals surface area contributed by atoms with Gasteiger partial charge in [-0.15, -0.1) is 0 Å². The van der Waals surface area contributed by atoms with Crippen LogP contribution in [0.15, 0.2) is 28.8 Å². The molecule has 0 fully saturated rings. The average molecular weight is 347 g/mol. The van der Waals surface area contributed by atoms with Crippen molar-refractivity contribution in [2.75, 3.05) is 18.5 Å². The van der Waals surface area contributed by atoms with Gasteiger partial charge in [-0.3, -0.25) is 14.9 Å². The van der Waals surface area contributed by atoms with Gasteiger partial charge in [0, 0.05) is 13.1 Å². The molecule has 0 saturated heterocycles. The Kier molecular flexibility index (Phi) is 5.68.